The molecule has 3 rings (SSSR count). The summed E-state index contributed by atoms with van der Waals surface area (Å²) in [6.07, 6.45) is 1.71. The van der Waals surface area contributed by atoms with Crippen LogP contribution in [-0.2, 0) is 0 Å². The van der Waals surface area contributed by atoms with Crippen LogP contribution in [0.4, 0.5) is 5.82 Å². The van der Waals surface area contributed by atoms with E-state index in [1.807, 2.05) is 0 Å². The molecule has 4 atom stereocenters. The standard InChI is InChI=1S/C10H13N5O2S/c11-9-6-10(13-2-12-9)15(3-14-6)4-1-5(18)8(17)7(4)16/h2-5,7-8,16-18H,1H2,(H2,11,12,13)/t4-,5+,7+,8-/m1/s1. The third-order valence-electron chi connectivity index (χ3n) is 3.37. The van der Waals surface area contributed by atoms with Gasteiger partial charge in [-0.25, -0.2) is 15.0 Å². The lowest BCUT2D eigenvalue weighted by Crippen LogP contribution is -2.29. The zero-order chi connectivity index (χ0) is 12.9. The van der Waals surface area contributed by atoms with Crippen LogP contribution in [0.25, 0.3) is 11.2 Å². The largest absolute Gasteiger partial charge is 0.389 e. The van der Waals surface area contributed by atoms with Crippen molar-refractivity contribution in [3.8, 4) is 0 Å². The number of fused-ring (bicyclic) bond motifs is 1. The van der Waals surface area contributed by atoms with Crippen LogP contribution in [-0.4, -0.2) is 47.2 Å². The number of aliphatic hydroxyl groups excluding tert-OH is 2. The smallest absolute Gasteiger partial charge is 0.165 e. The minimum atomic E-state index is -0.888. The van der Waals surface area contributed by atoms with Gasteiger partial charge in [-0.1, -0.05) is 0 Å². The number of anilines is 1. The van der Waals surface area contributed by atoms with E-state index in [-0.39, 0.29) is 11.3 Å². The highest BCUT2D eigenvalue weighted by Crippen LogP contribution is 2.35. The van der Waals surface area contributed by atoms with Gasteiger partial charge in [-0.2, -0.15) is 12.6 Å². The fourth-order valence-electron chi connectivity index (χ4n) is 2.37. The van der Waals surface area contributed by atoms with Crippen molar-refractivity contribution < 1.29 is 10.2 Å². The summed E-state index contributed by atoms with van der Waals surface area (Å²) in [6, 6.07) is -0.304. The lowest BCUT2D eigenvalue weighted by Gasteiger charge is -2.17. The molecule has 7 nitrogen and oxygen atoms in total. The molecule has 0 saturated heterocycles. The minimum Gasteiger partial charge on any atom is -0.389 e. The molecule has 1 saturated carbocycles. The second-order valence-electron chi connectivity index (χ2n) is 4.43. The van der Waals surface area contributed by atoms with Gasteiger partial charge in [0, 0.05) is 5.25 Å². The molecule has 2 aromatic heterocycles. The second kappa shape index (κ2) is 4.08. The van der Waals surface area contributed by atoms with Gasteiger partial charge < -0.3 is 20.5 Å². The second-order valence-corrected chi connectivity index (χ2v) is 5.10. The summed E-state index contributed by atoms with van der Waals surface area (Å²) in [5, 5.41) is 19.5. The van der Waals surface area contributed by atoms with Crippen LogP contribution in [0.1, 0.15) is 12.5 Å². The fraction of sp³-hybridized carbons (Fsp3) is 0.500. The molecule has 1 aliphatic rings. The van der Waals surface area contributed by atoms with Crippen molar-refractivity contribution in [1.82, 2.24) is 19.5 Å². The first-order valence-corrected chi connectivity index (χ1v) is 6.08. The van der Waals surface area contributed by atoms with E-state index in [2.05, 4.69) is 27.6 Å². The van der Waals surface area contributed by atoms with Crippen LogP contribution in [0.3, 0.4) is 0 Å². The number of hydrogen-bond acceptors (Lipinski definition) is 7. The number of thiol groups is 1. The van der Waals surface area contributed by atoms with Gasteiger partial charge in [0.1, 0.15) is 17.9 Å². The molecule has 4 N–H and O–H groups in total. The van der Waals surface area contributed by atoms with Crippen molar-refractivity contribution in [2.24, 2.45) is 0 Å². The predicted octanol–water partition coefficient (Wildman–Crippen LogP) is -0.627. The Labute approximate surface area is 108 Å². The topological polar surface area (TPSA) is 110 Å². The number of nitrogen functional groups attached to an aromatic ring is 1. The normalized spacial score (nSPS) is 32.2. The van der Waals surface area contributed by atoms with Crippen molar-refractivity contribution >= 4 is 29.6 Å². The van der Waals surface area contributed by atoms with Crippen LogP contribution < -0.4 is 5.73 Å². The molecule has 96 valence electrons. The Hall–Kier alpha value is -1.38. The van der Waals surface area contributed by atoms with E-state index in [9.17, 15) is 10.2 Å². The van der Waals surface area contributed by atoms with E-state index in [0.717, 1.165) is 0 Å². The van der Waals surface area contributed by atoms with Gasteiger partial charge in [0.05, 0.1) is 18.5 Å². The molecular formula is C10H13N5O2S. The van der Waals surface area contributed by atoms with Gasteiger partial charge in [0.2, 0.25) is 0 Å². The third-order valence-corrected chi connectivity index (χ3v) is 3.88. The Morgan fingerprint density at radius 2 is 2.06 bits per heavy atom. The SMILES string of the molecule is Nc1ncnc2c1ncn2[C@@H]1C[C@H](S)[C@@H](O)[C@H]1O. The molecule has 0 unspecified atom stereocenters. The molecule has 0 aliphatic heterocycles. The lowest BCUT2D eigenvalue weighted by atomic mass is 10.2. The van der Waals surface area contributed by atoms with Crippen molar-refractivity contribution in [2.45, 2.75) is 29.9 Å². The summed E-state index contributed by atoms with van der Waals surface area (Å²) >= 11 is 4.25. The first kappa shape index (κ1) is 11.7. The molecule has 18 heavy (non-hydrogen) atoms. The molecule has 0 amide bonds. The Kier molecular flexibility index (Phi) is 2.65. The highest BCUT2D eigenvalue weighted by atomic mass is 32.1. The molecule has 0 spiro atoms. The maximum Gasteiger partial charge on any atom is 0.165 e. The average molecular weight is 267 g/mol. The van der Waals surface area contributed by atoms with Gasteiger partial charge in [-0.05, 0) is 6.42 Å². The molecule has 0 radical (unpaired) electrons. The molecule has 2 heterocycles. The molecule has 1 fully saturated rings. The van der Waals surface area contributed by atoms with E-state index in [1.54, 1.807) is 10.9 Å². The number of nitrogens with two attached hydrogens (primary N) is 1. The number of aliphatic hydroxyl groups is 2. The van der Waals surface area contributed by atoms with Crippen LogP contribution in [0.5, 0.6) is 0 Å². The molecule has 2 aromatic rings. The van der Waals surface area contributed by atoms with Gasteiger partial charge in [0.15, 0.2) is 11.5 Å². The van der Waals surface area contributed by atoms with Crippen LogP contribution in [0.2, 0.25) is 0 Å². The number of imidazole rings is 1. The van der Waals surface area contributed by atoms with Gasteiger partial charge >= 0.3 is 0 Å². The summed E-state index contributed by atoms with van der Waals surface area (Å²) in [7, 11) is 0. The minimum absolute atomic E-state index is 0.262. The number of aromatic nitrogens is 4. The van der Waals surface area contributed by atoms with Gasteiger partial charge in [-0.3, -0.25) is 0 Å². The van der Waals surface area contributed by atoms with E-state index in [0.29, 0.717) is 23.4 Å². The van der Waals surface area contributed by atoms with E-state index in [4.69, 9.17) is 5.73 Å². The third kappa shape index (κ3) is 1.57. The first-order chi connectivity index (χ1) is 8.59. The van der Waals surface area contributed by atoms with Crippen LogP contribution in [0.15, 0.2) is 12.7 Å². The highest BCUT2D eigenvalue weighted by Gasteiger charge is 2.41. The summed E-state index contributed by atoms with van der Waals surface area (Å²) in [5.41, 5.74) is 6.76. The number of rotatable bonds is 1. The van der Waals surface area contributed by atoms with E-state index in [1.165, 1.54) is 6.33 Å². The van der Waals surface area contributed by atoms with E-state index < -0.39 is 12.2 Å². The average Bonchev–Trinajstić information content (AvgIpc) is 2.88. The summed E-state index contributed by atoms with van der Waals surface area (Å²) in [6.45, 7) is 0. The Morgan fingerprint density at radius 1 is 1.28 bits per heavy atom. The summed E-state index contributed by atoms with van der Waals surface area (Å²) < 4.78 is 1.72. The maximum atomic E-state index is 10.0. The first-order valence-electron chi connectivity index (χ1n) is 5.57. The Morgan fingerprint density at radius 3 is 2.72 bits per heavy atom. The molecule has 0 bridgehead atoms. The summed E-state index contributed by atoms with van der Waals surface area (Å²) in [4.78, 5) is 12.1. The molecule has 0 aromatic carbocycles. The maximum absolute atomic E-state index is 10.0. The monoisotopic (exact) mass is 267 g/mol. The Balaban J connectivity index is 2.08. The quantitative estimate of drug-likeness (QED) is 0.512. The molecular weight excluding hydrogens is 254 g/mol. The zero-order valence-corrected chi connectivity index (χ0v) is 10.3. The zero-order valence-electron chi connectivity index (χ0n) is 9.38. The number of nitrogens with zero attached hydrogens (tertiary/aromatic N) is 4. The predicted molar refractivity (Wildman–Crippen MR) is 68.2 cm³/mol. The molecule has 1 aliphatic carbocycles. The number of hydrogen-bond donors (Lipinski definition) is 4. The van der Waals surface area contributed by atoms with Crippen LogP contribution >= 0.6 is 12.6 Å². The highest BCUT2D eigenvalue weighted by molar-refractivity contribution is 7.81. The van der Waals surface area contributed by atoms with Crippen molar-refractivity contribution in [3.63, 3.8) is 0 Å². The lowest BCUT2D eigenvalue weighted by molar-refractivity contribution is 0.0261. The van der Waals surface area contributed by atoms with Crippen LogP contribution in [0, 0.1) is 0 Å². The summed E-state index contributed by atoms with van der Waals surface area (Å²) in [5.74, 6) is 0.300. The van der Waals surface area contributed by atoms with E-state index >= 15 is 0 Å². The molecule has 8 heteroatoms. The van der Waals surface area contributed by atoms with Crippen molar-refractivity contribution in [3.05, 3.63) is 12.7 Å². The van der Waals surface area contributed by atoms with Crippen molar-refractivity contribution in [2.75, 3.05) is 5.73 Å². The fourth-order valence-corrected chi connectivity index (χ4v) is 2.76. The Bertz CT molecular complexity index is 589. The van der Waals surface area contributed by atoms with Crippen molar-refractivity contribution in [1.29, 1.82) is 0 Å². The van der Waals surface area contributed by atoms with Gasteiger partial charge in [0.25, 0.3) is 0 Å². The van der Waals surface area contributed by atoms with Gasteiger partial charge in [-0.15, -0.1) is 0 Å².